The summed E-state index contributed by atoms with van der Waals surface area (Å²) in [5.74, 6) is -0.000922. The molecule has 122 valence electrons. The van der Waals surface area contributed by atoms with Crippen molar-refractivity contribution in [3.63, 3.8) is 0 Å². The van der Waals surface area contributed by atoms with Crippen LogP contribution in [0, 0.1) is 0 Å². The number of hydrogen-bond donors (Lipinski definition) is 0. The van der Waals surface area contributed by atoms with Crippen molar-refractivity contribution in [2.24, 2.45) is 0 Å². The Morgan fingerprint density at radius 1 is 0.773 bits per heavy atom. The molecule has 0 bridgehead atoms. The van der Waals surface area contributed by atoms with Gasteiger partial charge in [0.15, 0.2) is 12.5 Å². The summed E-state index contributed by atoms with van der Waals surface area (Å²) in [6, 6.07) is 0. The molecule has 2 amide bonds. The molecule has 0 aromatic rings. The van der Waals surface area contributed by atoms with Crippen LogP contribution in [-0.2, 0) is 19.1 Å². The Hall–Kier alpha value is -1.22. The summed E-state index contributed by atoms with van der Waals surface area (Å²) < 4.78 is 10.9. The van der Waals surface area contributed by atoms with E-state index in [9.17, 15) is 9.59 Å². The van der Waals surface area contributed by atoms with E-state index < -0.39 is 12.5 Å². The van der Waals surface area contributed by atoms with E-state index in [2.05, 4.69) is 0 Å². The number of carbonyl (C=O) groups excluding carboxylic acids is 2. The minimum Gasteiger partial charge on any atom is -0.357 e. The second-order valence-corrected chi connectivity index (χ2v) is 6.25. The van der Waals surface area contributed by atoms with Crippen LogP contribution >= 0.6 is 0 Å². The van der Waals surface area contributed by atoms with Crippen LogP contribution in [0.4, 0.5) is 0 Å². The average Bonchev–Trinajstić information content (AvgIpc) is 2.55. The fourth-order valence-corrected chi connectivity index (χ4v) is 4.43. The molecule has 4 heterocycles. The Labute approximate surface area is 129 Å². The molecule has 4 rings (SSSR count). The lowest BCUT2D eigenvalue weighted by Crippen LogP contribution is -2.83. The molecular weight excluding hydrogens is 288 g/mol. The fourth-order valence-electron chi connectivity index (χ4n) is 4.43. The van der Waals surface area contributed by atoms with Crippen molar-refractivity contribution in [1.29, 1.82) is 0 Å². The molecule has 4 saturated heterocycles. The monoisotopic (exact) mass is 310 g/mol. The molecule has 4 atom stereocenters. The predicted molar refractivity (Wildman–Crippen MR) is 75.2 cm³/mol. The highest BCUT2D eigenvalue weighted by Gasteiger charge is 2.60. The van der Waals surface area contributed by atoms with E-state index in [0.29, 0.717) is 13.1 Å². The highest BCUT2D eigenvalue weighted by Crippen LogP contribution is 2.38. The predicted octanol–water partition coefficient (Wildman–Crippen LogP) is -1.32. The van der Waals surface area contributed by atoms with E-state index in [-0.39, 0.29) is 24.1 Å². The van der Waals surface area contributed by atoms with Crippen LogP contribution in [0.1, 0.15) is 12.8 Å². The smallest absolute Gasteiger partial charge is 0.268 e. The van der Waals surface area contributed by atoms with Crippen LogP contribution in [0.15, 0.2) is 0 Å². The van der Waals surface area contributed by atoms with Crippen molar-refractivity contribution in [2.75, 3.05) is 40.4 Å². The molecule has 22 heavy (non-hydrogen) atoms. The van der Waals surface area contributed by atoms with Gasteiger partial charge in [0.05, 0.1) is 0 Å². The Bertz CT molecular complexity index is 457. The summed E-state index contributed by atoms with van der Waals surface area (Å²) in [4.78, 5) is 33.4. The molecule has 8 heteroatoms. The highest BCUT2D eigenvalue weighted by atomic mass is 16.5. The molecule has 0 aliphatic carbocycles. The van der Waals surface area contributed by atoms with Crippen molar-refractivity contribution in [1.82, 2.24) is 19.6 Å². The van der Waals surface area contributed by atoms with Gasteiger partial charge in [0.1, 0.15) is 12.3 Å². The first-order chi connectivity index (χ1) is 10.7. The van der Waals surface area contributed by atoms with E-state index >= 15 is 0 Å². The standard InChI is InChI=1S/C14H22N4O4/c1-21-13-11(19)15-5-4-8-18-10(15)9-16(6-3-7-17(9)13)12(20)14(18)22-2/h9-10,13-14H,3-8H2,1-2H3/t9-,10+,13-,14+. The number of piperazine rings is 2. The summed E-state index contributed by atoms with van der Waals surface area (Å²) in [7, 11) is 3.12. The van der Waals surface area contributed by atoms with Crippen molar-refractivity contribution in [3.8, 4) is 0 Å². The number of hydrogen-bond acceptors (Lipinski definition) is 6. The van der Waals surface area contributed by atoms with Gasteiger partial charge in [0.2, 0.25) is 0 Å². The number of ether oxygens (including phenoxy) is 2. The van der Waals surface area contributed by atoms with Gasteiger partial charge in [-0.15, -0.1) is 0 Å². The number of methoxy groups -OCH3 is 2. The van der Waals surface area contributed by atoms with Crippen LogP contribution in [0.2, 0.25) is 0 Å². The van der Waals surface area contributed by atoms with Gasteiger partial charge in [0.25, 0.3) is 11.8 Å². The number of carbonyl (C=O) groups is 2. The minimum absolute atomic E-state index is 0.000461. The summed E-state index contributed by atoms with van der Waals surface area (Å²) in [6.07, 6.45) is 0.259. The third-order valence-electron chi connectivity index (χ3n) is 5.25. The number of rotatable bonds is 2. The molecule has 0 aromatic carbocycles. The lowest BCUT2D eigenvalue weighted by molar-refractivity contribution is -0.258. The Balaban J connectivity index is 1.79. The van der Waals surface area contributed by atoms with Crippen molar-refractivity contribution in [3.05, 3.63) is 0 Å². The summed E-state index contributed by atoms with van der Waals surface area (Å²) in [5.41, 5.74) is 0. The fraction of sp³-hybridized carbons (Fsp3) is 0.857. The van der Waals surface area contributed by atoms with E-state index in [1.165, 1.54) is 0 Å². The largest absolute Gasteiger partial charge is 0.357 e. The normalized spacial score (nSPS) is 39.2. The van der Waals surface area contributed by atoms with Gasteiger partial charge in [-0.25, -0.2) is 9.80 Å². The Morgan fingerprint density at radius 2 is 1.18 bits per heavy atom. The molecule has 0 N–H and O–H groups in total. The molecule has 4 aliphatic heterocycles. The lowest BCUT2D eigenvalue weighted by Gasteiger charge is -2.63. The third kappa shape index (κ3) is 1.72. The van der Waals surface area contributed by atoms with Gasteiger partial charge >= 0.3 is 0 Å². The minimum atomic E-state index is -0.587. The van der Waals surface area contributed by atoms with Gasteiger partial charge in [-0.2, -0.15) is 0 Å². The van der Waals surface area contributed by atoms with Gasteiger partial charge in [0, 0.05) is 40.4 Å². The zero-order valence-corrected chi connectivity index (χ0v) is 13.0. The van der Waals surface area contributed by atoms with Crippen LogP contribution in [-0.4, -0.2) is 96.6 Å². The van der Waals surface area contributed by atoms with Gasteiger partial charge in [-0.3, -0.25) is 9.59 Å². The molecule has 0 saturated carbocycles. The first-order valence-electron chi connectivity index (χ1n) is 7.87. The highest BCUT2D eigenvalue weighted by molar-refractivity contribution is 5.85. The van der Waals surface area contributed by atoms with E-state index in [1.807, 2.05) is 19.6 Å². The summed E-state index contributed by atoms with van der Waals surface area (Å²) in [6.45, 7) is 2.97. The van der Waals surface area contributed by atoms with Crippen LogP contribution in [0.3, 0.4) is 0 Å². The maximum atomic E-state index is 12.8. The lowest BCUT2D eigenvalue weighted by atomic mass is 9.98. The van der Waals surface area contributed by atoms with Crippen LogP contribution in [0.25, 0.3) is 0 Å². The Kier molecular flexibility index (Phi) is 3.37. The first kappa shape index (κ1) is 14.4. The molecule has 0 unspecified atom stereocenters. The van der Waals surface area contributed by atoms with Crippen LogP contribution < -0.4 is 0 Å². The SMILES string of the molecule is CO[C@@H]1C(=O)N2CCCN3[C@@H](OC)C(=O)N4CCCN1[C@@H]4[C@@H]23. The maximum Gasteiger partial charge on any atom is 0.268 e. The molecule has 8 nitrogen and oxygen atoms in total. The second-order valence-electron chi connectivity index (χ2n) is 6.25. The molecule has 0 radical (unpaired) electrons. The zero-order valence-electron chi connectivity index (χ0n) is 13.0. The van der Waals surface area contributed by atoms with E-state index in [0.717, 1.165) is 25.9 Å². The molecule has 4 aliphatic rings. The van der Waals surface area contributed by atoms with Gasteiger partial charge < -0.3 is 19.3 Å². The van der Waals surface area contributed by atoms with Crippen molar-refractivity contribution >= 4 is 11.8 Å². The van der Waals surface area contributed by atoms with Gasteiger partial charge in [-0.1, -0.05) is 0 Å². The Morgan fingerprint density at radius 3 is 1.55 bits per heavy atom. The van der Waals surface area contributed by atoms with Crippen molar-refractivity contribution in [2.45, 2.75) is 37.6 Å². The second kappa shape index (κ2) is 5.16. The summed E-state index contributed by atoms with van der Waals surface area (Å²) >= 11 is 0. The van der Waals surface area contributed by atoms with Crippen LogP contribution in [0.5, 0.6) is 0 Å². The number of amides is 2. The quantitative estimate of drug-likeness (QED) is 0.630. The summed E-state index contributed by atoms with van der Waals surface area (Å²) in [5, 5.41) is 0. The maximum absolute atomic E-state index is 12.8. The van der Waals surface area contributed by atoms with Crippen molar-refractivity contribution < 1.29 is 19.1 Å². The molecule has 0 spiro atoms. The molecular formula is C14H22N4O4. The topological polar surface area (TPSA) is 65.6 Å². The first-order valence-corrected chi connectivity index (χ1v) is 7.87. The van der Waals surface area contributed by atoms with Gasteiger partial charge in [-0.05, 0) is 12.8 Å². The van der Waals surface area contributed by atoms with E-state index in [1.54, 1.807) is 14.2 Å². The van der Waals surface area contributed by atoms with E-state index in [4.69, 9.17) is 9.47 Å². The third-order valence-corrected chi connectivity index (χ3v) is 5.25. The zero-order chi connectivity index (χ0) is 15.4. The molecule has 4 fully saturated rings. The average molecular weight is 310 g/mol. The molecule has 0 aromatic heterocycles. The number of nitrogens with zero attached hydrogens (tertiary/aromatic N) is 4.